The summed E-state index contributed by atoms with van der Waals surface area (Å²) in [4.78, 5) is 24.3. The summed E-state index contributed by atoms with van der Waals surface area (Å²) in [5, 5.41) is 10.8. The second-order valence-electron chi connectivity index (χ2n) is 7.36. The first-order valence-electron chi connectivity index (χ1n) is 10.2. The van der Waals surface area contributed by atoms with Crippen LogP contribution in [0.5, 0.6) is 0 Å². The first-order chi connectivity index (χ1) is 15.2. The second-order valence-corrected chi connectivity index (χ2v) is 7.36. The summed E-state index contributed by atoms with van der Waals surface area (Å²) >= 11 is 0. The third-order valence-corrected chi connectivity index (χ3v) is 5.15. The number of hydrogen-bond acceptors (Lipinski definition) is 5. The number of hydrogen-bond donors (Lipinski definition) is 2. The molecule has 0 aliphatic rings. The lowest BCUT2D eigenvalue weighted by Gasteiger charge is -2.08. The van der Waals surface area contributed by atoms with Gasteiger partial charge in [0.25, 0.3) is 5.91 Å². The van der Waals surface area contributed by atoms with Gasteiger partial charge in [0.1, 0.15) is 5.76 Å². The summed E-state index contributed by atoms with van der Waals surface area (Å²) in [5.74, 6) is 0.761. The van der Waals surface area contributed by atoms with Crippen molar-refractivity contribution < 1.29 is 14.1 Å². The number of carbonyl (C=O) groups excluding carboxylic acids is 2. The van der Waals surface area contributed by atoms with Gasteiger partial charge in [0.15, 0.2) is 12.1 Å². The minimum Gasteiger partial charge on any atom is -0.359 e. The summed E-state index contributed by atoms with van der Waals surface area (Å²) in [7, 11) is 1.89. The van der Waals surface area contributed by atoms with Gasteiger partial charge < -0.3 is 19.7 Å². The van der Waals surface area contributed by atoms with Crippen molar-refractivity contribution in [1.29, 1.82) is 0 Å². The lowest BCUT2D eigenvalue weighted by molar-refractivity contribution is 0.102. The van der Waals surface area contributed by atoms with E-state index in [1.54, 1.807) is 12.1 Å². The van der Waals surface area contributed by atoms with Gasteiger partial charge in [-0.1, -0.05) is 41.6 Å². The van der Waals surface area contributed by atoms with Crippen LogP contribution in [0.25, 0.3) is 10.9 Å². The number of amides is 1. The number of fused-ring (bicyclic) bond motifs is 1. The molecule has 1 amide bonds. The van der Waals surface area contributed by atoms with Crippen LogP contribution in [0.4, 0.5) is 5.82 Å². The molecule has 2 heterocycles. The van der Waals surface area contributed by atoms with Crippen LogP contribution in [0, 0.1) is 0 Å². The van der Waals surface area contributed by atoms with Crippen molar-refractivity contribution in [3.8, 4) is 0 Å². The van der Waals surface area contributed by atoms with E-state index in [1.807, 2.05) is 60.1 Å². The molecular weight excluding hydrogens is 392 g/mol. The van der Waals surface area contributed by atoms with Crippen LogP contribution in [-0.4, -0.2) is 35.5 Å². The quantitative estimate of drug-likeness (QED) is 0.319. The van der Waals surface area contributed by atoms with E-state index in [0.29, 0.717) is 35.8 Å². The van der Waals surface area contributed by atoms with Gasteiger partial charge >= 0.3 is 0 Å². The molecule has 0 fully saturated rings. The molecule has 0 saturated carbocycles. The Morgan fingerprint density at radius 2 is 1.97 bits per heavy atom. The Labute approximate surface area is 180 Å². The largest absolute Gasteiger partial charge is 0.359 e. The normalized spacial score (nSPS) is 11.0. The smallest absolute Gasteiger partial charge is 0.256 e. The molecule has 0 aliphatic carbocycles. The molecule has 0 aliphatic heterocycles. The zero-order valence-corrected chi connectivity index (χ0v) is 17.3. The fourth-order valence-corrected chi connectivity index (χ4v) is 3.62. The minimum atomic E-state index is -0.280. The van der Waals surface area contributed by atoms with Crippen LogP contribution < -0.4 is 10.6 Å². The first kappa shape index (κ1) is 20.6. The average molecular weight is 416 g/mol. The van der Waals surface area contributed by atoms with Gasteiger partial charge in [-0.15, -0.1) is 0 Å². The zero-order valence-electron chi connectivity index (χ0n) is 17.3. The third kappa shape index (κ3) is 4.73. The maximum absolute atomic E-state index is 12.8. The minimum absolute atomic E-state index is 0.280. The van der Waals surface area contributed by atoms with E-state index in [0.717, 1.165) is 35.7 Å². The van der Waals surface area contributed by atoms with E-state index >= 15 is 0 Å². The molecular formula is C24H24N4O3. The zero-order chi connectivity index (χ0) is 21.6. The number of anilines is 1. The number of aldehydes is 1. The van der Waals surface area contributed by atoms with Crippen molar-refractivity contribution in [3.05, 3.63) is 83.2 Å². The van der Waals surface area contributed by atoms with Crippen molar-refractivity contribution >= 4 is 28.9 Å². The summed E-state index contributed by atoms with van der Waals surface area (Å²) in [6.07, 6.45) is 2.33. The lowest BCUT2D eigenvalue weighted by Crippen LogP contribution is -2.13. The van der Waals surface area contributed by atoms with E-state index in [-0.39, 0.29) is 5.91 Å². The van der Waals surface area contributed by atoms with E-state index < -0.39 is 0 Å². The first-order valence-corrected chi connectivity index (χ1v) is 10.2. The fraction of sp³-hybridized carbons (Fsp3) is 0.208. The summed E-state index contributed by atoms with van der Waals surface area (Å²) in [6.45, 7) is 1.53. The summed E-state index contributed by atoms with van der Waals surface area (Å²) in [6, 6.07) is 18.9. The average Bonchev–Trinajstić information content (AvgIpc) is 3.38. The van der Waals surface area contributed by atoms with Crippen molar-refractivity contribution in [2.24, 2.45) is 0 Å². The van der Waals surface area contributed by atoms with Crippen LogP contribution >= 0.6 is 0 Å². The monoisotopic (exact) mass is 416 g/mol. The van der Waals surface area contributed by atoms with Crippen molar-refractivity contribution in [2.75, 3.05) is 18.9 Å². The molecule has 0 unspecified atom stereocenters. The van der Waals surface area contributed by atoms with Gasteiger partial charge in [0.2, 0.25) is 0 Å². The molecule has 0 spiro atoms. The van der Waals surface area contributed by atoms with E-state index in [2.05, 4.69) is 15.8 Å². The summed E-state index contributed by atoms with van der Waals surface area (Å²) < 4.78 is 7.30. The van der Waals surface area contributed by atoms with E-state index in [4.69, 9.17) is 4.52 Å². The fourth-order valence-electron chi connectivity index (χ4n) is 3.62. The highest BCUT2D eigenvalue weighted by atomic mass is 16.5. The maximum atomic E-state index is 12.8. The third-order valence-electron chi connectivity index (χ3n) is 5.15. The van der Waals surface area contributed by atoms with Gasteiger partial charge in [0.05, 0.1) is 5.69 Å². The highest BCUT2D eigenvalue weighted by Crippen LogP contribution is 2.22. The van der Waals surface area contributed by atoms with Crippen molar-refractivity contribution in [1.82, 2.24) is 15.0 Å². The van der Waals surface area contributed by atoms with Crippen molar-refractivity contribution in [3.63, 3.8) is 0 Å². The standard InChI is InChI=1S/C24H24N4O3/c1-25-10-5-11-28-20(16-29)13-18-8-9-19(14-22(18)28)24(30)26-23-15-21(31-27-23)12-17-6-3-2-4-7-17/h2-4,6-9,13-16,25H,5,10-12H2,1H3,(H,26,27,30). The van der Waals surface area contributed by atoms with E-state index in [1.165, 1.54) is 0 Å². The highest BCUT2D eigenvalue weighted by Gasteiger charge is 2.14. The van der Waals surface area contributed by atoms with Crippen LogP contribution in [0.2, 0.25) is 0 Å². The Bertz CT molecular complexity index is 1190. The van der Waals surface area contributed by atoms with Gasteiger partial charge in [-0.05, 0) is 43.8 Å². The molecule has 7 heteroatoms. The number of nitrogens with one attached hydrogen (secondary N) is 2. The second kappa shape index (κ2) is 9.40. The molecule has 2 aromatic heterocycles. The Morgan fingerprint density at radius 1 is 1.13 bits per heavy atom. The molecule has 0 bridgehead atoms. The van der Waals surface area contributed by atoms with Crippen LogP contribution in [-0.2, 0) is 13.0 Å². The Hall–Kier alpha value is -3.71. The number of aromatic nitrogens is 2. The molecule has 0 saturated heterocycles. The number of benzene rings is 2. The molecule has 2 aromatic carbocycles. The molecule has 31 heavy (non-hydrogen) atoms. The number of carbonyl (C=O) groups is 2. The predicted molar refractivity (Wildman–Crippen MR) is 120 cm³/mol. The predicted octanol–water partition coefficient (Wildman–Crippen LogP) is 3.89. The Balaban J connectivity index is 1.51. The molecule has 158 valence electrons. The van der Waals surface area contributed by atoms with Gasteiger partial charge in [-0.2, -0.15) is 0 Å². The molecule has 4 rings (SSSR count). The molecule has 4 aromatic rings. The lowest BCUT2D eigenvalue weighted by atomic mass is 10.1. The van der Waals surface area contributed by atoms with Gasteiger partial charge in [0, 0.05) is 35.5 Å². The van der Waals surface area contributed by atoms with Gasteiger partial charge in [-0.25, -0.2) is 0 Å². The molecule has 7 nitrogen and oxygen atoms in total. The van der Waals surface area contributed by atoms with Crippen LogP contribution in [0.15, 0.2) is 65.2 Å². The number of nitrogens with zero attached hydrogens (tertiary/aromatic N) is 2. The van der Waals surface area contributed by atoms with Crippen molar-refractivity contribution in [2.45, 2.75) is 19.4 Å². The van der Waals surface area contributed by atoms with Gasteiger partial charge in [-0.3, -0.25) is 9.59 Å². The Morgan fingerprint density at radius 3 is 2.74 bits per heavy atom. The topological polar surface area (TPSA) is 89.2 Å². The van der Waals surface area contributed by atoms with Crippen LogP contribution in [0.3, 0.4) is 0 Å². The number of aryl methyl sites for hydroxylation is 1. The highest BCUT2D eigenvalue weighted by molar-refractivity contribution is 6.06. The summed E-state index contributed by atoms with van der Waals surface area (Å²) in [5.41, 5.74) is 3.05. The maximum Gasteiger partial charge on any atom is 0.256 e. The van der Waals surface area contributed by atoms with Crippen LogP contribution in [0.1, 0.15) is 38.6 Å². The molecule has 2 N–H and O–H groups in total. The molecule has 0 atom stereocenters. The Kier molecular flexibility index (Phi) is 6.24. The molecule has 0 radical (unpaired) electrons. The van der Waals surface area contributed by atoms with E-state index in [9.17, 15) is 9.59 Å². The SMILES string of the molecule is CNCCCn1c(C=O)cc2ccc(C(=O)Nc3cc(Cc4ccccc4)on3)cc21. The number of rotatable bonds is 9.